The van der Waals surface area contributed by atoms with Gasteiger partial charge in [-0.15, -0.1) is 0 Å². The van der Waals surface area contributed by atoms with E-state index in [-0.39, 0.29) is 5.91 Å². The summed E-state index contributed by atoms with van der Waals surface area (Å²) in [5, 5.41) is 6.39. The summed E-state index contributed by atoms with van der Waals surface area (Å²) in [6.07, 6.45) is 5.22. The number of benzene rings is 1. The minimum absolute atomic E-state index is 0.0848. The number of piperidine rings is 1. The van der Waals surface area contributed by atoms with Crippen LogP contribution in [0.5, 0.6) is 5.75 Å². The van der Waals surface area contributed by atoms with Crippen molar-refractivity contribution in [3.05, 3.63) is 24.3 Å². The highest BCUT2D eigenvalue weighted by molar-refractivity contribution is 5.90. The van der Waals surface area contributed by atoms with E-state index in [1.807, 2.05) is 31.2 Å². The predicted molar refractivity (Wildman–Crippen MR) is 81.1 cm³/mol. The molecule has 0 bridgehead atoms. The number of ether oxygens (including phenoxy) is 1. The first-order valence-electron chi connectivity index (χ1n) is 7.54. The minimum Gasteiger partial charge on any atom is -0.494 e. The van der Waals surface area contributed by atoms with Crippen LogP contribution in [0.2, 0.25) is 0 Å². The van der Waals surface area contributed by atoms with Gasteiger partial charge in [-0.1, -0.05) is 6.42 Å². The van der Waals surface area contributed by atoms with Crippen molar-refractivity contribution in [1.82, 2.24) is 5.32 Å². The highest BCUT2D eigenvalue weighted by Gasteiger charge is 2.13. The molecule has 4 nitrogen and oxygen atoms in total. The molecule has 4 heteroatoms. The van der Waals surface area contributed by atoms with E-state index in [4.69, 9.17) is 4.74 Å². The number of amides is 1. The summed E-state index contributed by atoms with van der Waals surface area (Å²) in [6, 6.07) is 8.02. The second-order valence-electron chi connectivity index (χ2n) is 5.19. The standard InChI is InChI=1S/C16H24N2O2/c1-2-20-15-9-6-14(7-10-15)18-16(19)11-8-13-5-3-4-12-17-13/h6-7,9-10,13,17H,2-5,8,11-12H2,1H3,(H,18,19). The first kappa shape index (κ1) is 14.9. The molecular formula is C16H24N2O2. The quantitative estimate of drug-likeness (QED) is 0.840. The Hall–Kier alpha value is -1.55. The minimum atomic E-state index is 0.0848. The van der Waals surface area contributed by atoms with E-state index in [9.17, 15) is 4.79 Å². The molecule has 0 radical (unpaired) electrons. The summed E-state index contributed by atoms with van der Waals surface area (Å²) in [5.74, 6) is 0.915. The molecular weight excluding hydrogens is 252 g/mol. The fraction of sp³-hybridized carbons (Fsp3) is 0.562. The predicted octanol–water partition coefficient (Wildman–Crippen LogP) is 2.95. The summed E-state index contributed by atoms with van der Waals surface area (Å²) in [4.78, 5) is 11.9. The third-order valence-electron chi connectivity index (χ3n) is 3.58. The lowest BCUT2D eigenvalue weighted by Gasteiger charge is -2.23. The van der Waals surface area contributed by atoms with Crippen molar-refractivity contribution >= 4 is 11.6 Å². The summed E-state index contributed by atoms with van der Waals surface area (Å²) in [7, 11) is 0. The third-order valence-corrected chi connectivity index (χ3v) is 3.58. The van der Waals surface area contributed by atoms with Gasteiger partial charge in [-0.2, -0.15) is 0 Å². The van der Waals surface area contributed by atoms with E-state index in [2.05, 4.69) is 10.6 Å². The molecule has 1 heterocycles. The van der Waals surface area contributed by atoms with Gasteiger partial charge in [-0.25, -0.2) is 0 Å². The number of hydrogen-bond acceptors (Lipinski definition) is 3. The number of nitrogens with one attached hydrogen (secondary N) is 2. The second kappa shape index (κ2) is 7.90. The fourth-order valence-corrected chi connectivity index (χ4v) is 2.50. The van der Waals surface area contributed by atoms with E-state index in [1.165, 1.54) is 19.3 Å². The maximum absolute atomic E-state index is 11.9. The lowest BCUT2D eigenvalue weighted by molar-refractivity contribution is -0.116. The molecule has 2 N–H and O–H groups in total. The molecule has 1 atom stereocenters. The van der Waals surface area contributed by atoms with Crippen LogP contribution in [0.15, 0.2) is 24.3 Å². The van der Waals surface area contributed by atoms with Crippen molar-refractivity contribution in [3.8, 4) is 5.75 Å². The van der Waals surface area contributed by atoms with Crippen LogP contribution < -0.4 is 15.4 Å². The Labute approximate surface area is 120 Å². The van der Waals surface area contributed by atoms with Gasteiger partial charge in [-0.3, -0.25) is 4.79 Å². The molecule has 1 amide bonds. The zero-order chi connectivity index (χ0) is 14.2. The van der Waals surface area contributed by atoms with Crippen molar-refractivity contribution in [3.63, 3.8) is 0 Å². The number of carbonyl (C=O) groups is 1. The summed E-state index contributed by atoms with van der Waals surface area (Å²) >= 11 is 0. The van der Waals surface area contributed by atoms with Gasteiger partial charge in [0.2, 0.25) is 5.91 Å². The Morgan fingerprint density at radius 3 is 2.80 bits per heavy atom. The summed E-state index contributed by atoms with van der Waals surface area (Å²) in [5.41, 5.74) is 0.829. The van der Waals surface area contributed by atoms with Crippen molar-refractivity contribution in [2.45, 2.75) is 45.1 Å². The molecule has 1 fully saturated rings. The van der Waals surface area contributed by atoms with Gasteiger partial charge in [0.1, 0.15) is 5.75 Å². The Bertz CT molecular complexity index is 411. The van der Waals surface area contributed by atoms with Crippen LogP contribution in [0.1, 0.15) is 39.0 Å². The van der Waals surface area contributed by atoms with E-state index in [0.717, 1.165) is 24.4 Å². The molecule has 1 aliphatic heterocycles. The maximum Gasteiger partial charge on any atom is 0.224 e. The average molecular weight is 276 g/mol. The lowest BCUT2D eigenvalue weighted by Crippen LogP contribution is -2.34. The fourth-order valence-electron chi connectivity index (χ4n) is 2.50. The van der Waals surface area contributed by atoms with Crippen molar-refractivity contribution < 1.29 is 9.53 Å². The van der Waals surface area contributed by atoms with Gasteiger partial charge in [-0.05, 0) is 57.0 Å². The summed E-state index contributed by atoms with van der Waals surface area (Å²) < 4.78 is 5.37. The largest absolute Gasteiger partial charge is 0.494 e. The van der Waals surface area contributed by atoms with Crippen molar-refractivity contribution in [1.29, 1.82) is 0 Å². The molecule has 0 saturated carbocycles. The van der Waals surface area contributed by atoms with Gasteiger partial charge in [0.05, 0.1) is 6.61 Å². The van der Waals surface area contributed by atoms with Gasteiger partial charge < -0.3 is 15.4 Å². The highest BCUT2D eigenvalue weighted by atomic mass is 16.5. The van der Waals surface area contributed by atoms with Crippen molar-refractivity contribution in [2.75, 3.05) is 18.5 Å². The zero-order valence-corrected chi connectivity index (χ0v) is 12.2. The molecule has 1 aromatic rings. The van der Waals surface area contributed by atoms with Crippen LogP contribution in [0.3, 0.4) is 0 Å². The Morgan fingerprint density at radius 1 is 1.35 bits per heavy atom. The number of rotatable bonds is 6. The van der Waals surface area contributed by atoms with E-state index >= 15 is 0 Å². The normalized spacial score (nSPS) is 18.6. The van der Waals surface area contributed by atoms with Crippen LogP contribution in [0, 0.1) is 0 Å². The molecule has 1 aliphatic rings. The Balaban J connectivity index is 1.73. The first-order valence-corrected chi connectivity index (χ1v) is 7.54. The number of carbonyl (C=O) groups excluding carboxylic acids is 1. The Kier molecular flexibility index (Phi) is 5.87. The van der Waals surface area contributed by atoms with E-state index < -0.39 is 0 Å². The lowest BCUT2D eigenvalue weighted by atomic mass is 10.0. The molecule has 2 rings (SSSR count). The molecule has 1 aromatic carbocycles. The SMILES string of the molecule is CCOc1ccc(NC(=O)CCC2CCCCN2)cc1. The number of hydrogen-bond donors (Lipinski definition) is 2. The summed E-state index contributed by atoms with van der Waals surface area (Å²) in [6.45, 7) is 3.69. The molecule has 0 aromatic heterocycles. The maximum atomic E-state index is 11.9. The zero-order valence-electron chi connectivity index (χ0n) is 12.2. The van der Waals surface area contributed by atoms with Gasteiger partial charge in [0.25, 0.3) is 0 Å². The molecule has 20 heavy (non-hydrogen) atoms. The topological polar surface area (TPSA) is 50.4 Å². The molecule has 0 aliphatic carbocycles. The van der Waals surface area contributed by atoms with Crippen molar-refractivity contribution in [2.24, 2.45) is 0 Å². The monoisotopic (exact) mass is 276 g/mol. The molecule has 1 unspecified atom stereocenters. The third kappa shape index (κ3) is 4.85. The smallest absolute Gasteiger partial charge is 0.224 e. The Morgan fingerprint density at radius 2 is 2.15 bits per heavy atom. The van der Waals surface area contributed by atoms with E-state index in [0.29, 0.717) is 19.1 Å². The highest BCUT2D eigenvalue weighted by Crippen LogP contribution is 2.17. The average Bonchev–Trinajstić information content (AvgIpc) is 2.49. The van der Waals surface area contributed by atoms with Crippen LogP contribution in [-0.2, 0) is 4.79 Å². The van der Waals surface area contributed by atoms with Gasteiger partial charge in [0.15, 0.2) is 0 Å². The first-order chi connectivity index (χ1) is 9.78. The molecule has 1 saturated heterocycles. The molecule has 0 spiro atoms. The van der Waals surface area contributed by atoms with Crippen LogP contribution in [0.25, 0.3) is 0 Å². The second-order valence-corrected chi connectivity index (χ2v) is 5.19. The van der Waals surface area contributed by atoms with Gasteiger partial charge in [0, 0.05) is 18.2 Å². The molecule has 110 valence electrons. The van der Waals surface area contributed by atoms with Crippen LogP contribution >= 0.6 is 0 Å². The van der Waals surface area contributed by atoms with Crippen LogP contribution in [0.4, 0.5) is 5.69 Å². The van der Waals surface area contributed by atoms with Gasteiger partial charge >= 0.3 is 0 Å². The van der Waals surface area contributed by atoms with E-state index in [1.54, 1.807) is 0 Å². The number of anilines is 1. The van der Waals surface area contributed by atoms with Crippen LogP contribution in [-0.4, -0.2) is 25.1 Å².